The number of aliphatic carboxylic acids is 1. The molecule has 0 spiro atoms. The number of benzene rings is 1. The maximum Gasteiger partial charge on any atom is 0.307 e. The van der Waals surface area contributed by atoms with Crippen LogP contribution < -0.4 is 4.74 Å². The number of carbonyl (C=O) groups is 1. The minimum Gasteiger partial charge on any atom is -0.489 e. The van der Waals surface area contributed by atoms with Crippen molar-refractivity contribution in [1.82, 2.24) is 9.97 Å². The number of ether oxygens (including phenoxy) is 1. The minimum absolute atomic E-state index is 0.110. The highest BCUT2D eigenvalue weighted by Crippen LogP contribution is 2.54. The molecule has 1 aliphatic carbocycles. The summed E-state index contributed by atoms with van der Waals surface area (Å²) in [6, 6.07) is 5.98. The summed E-state index contributed by atoms with van der Waals surface area (Å²) in [6.45, 7) is 1.83. The number of rotatable bonds is 5. The molecule has 1 aliphatic rings. The Labute approximate surface area is 137 Å². The van der Waals surface area contributed by atoms with Crippen LogP contribution in [0.4, 0.5) is 4.39 Å². The first-order valence-electron chi connectivity index (χ1n) is 7.03. The highest BCUT2D eigenvalue weighted by Gasteiger charge is 2.60. The monoisotopic (exact) mass is 336 g/mol. The Morgan fingerprint density at radius 3 is 2.96 bits per heavy atom. The van der Waals surface area contributed by atoms with Crippen LogP contribution in [0.3, 0.4) is 0 Å². The average molecular weight is 337 g/mol. The zero-order chi connectivity index (χ0) is 16.6. The number of hydrogen-bond acceptors (Lipinski definition) is 4. The Morgan fingerprint density at radius 1 is 1.57 bits per heavy atom. The van der Waals surface area contributed by atoms with E-state index in [1.165, 1.54) is 18.3 Å². The summed E-state index contributed by atoms with van der Waals surface area (Å²) in [5, 5.41) is 9.43. The van der Waals surface area contributed by atoms with Gasteiger partial charge in [-0.3, -0.25) is 4.79 Å². The van der Waals surface area contributed by atoms with Gasteiger partial charge in [0.05, 0.1) is 24.4 Å². The fourth-order valence-corrected chi connectivity index (χ4v) is 2.94. The first-order chi connectivity index (χ1) is 10.9. The Hall–Kier alpha value is -2.21. The maximum atomic E-state index is 13.5. The van der Waals surface area contributed by atoms with Crippen molar-refractivity contribution in [3.63, 3.8) is 0 Å². The summed E-state index contributed by atoms with van der Waals surface area (Å²) in [5.74, 6) is -1.48. The van der Waals surface area contributed by atoms with Gasteiger partial charge in [0.2, 0.25) is 5.28 Å². The topological polar surface area (TPSA) is 72.3 Å². The summed E-state index contributed by atoms with van der Waals surface area (Å²) in [6.07, 6.45) is 1.85. The lowest BCUT2D eigenvalue weighted by Gasteiger charge is -2.18. The molecular formula is C16H14ClFN2O3. The smallest absolute Gasteiger partial charge is 0.307 e. The van der Waals surface area contributed by atoms with Crippen LogP contribution in [-0.4, -0.2) is 27.7 Å². The summed E-state index contributed by atoms with van der Waals surface area (Å²) in [7, 11) is 0. The summed E-state index contributed by atoms with van der Waals surface area (Å²) >= 11 is 5.70. The Kier molecular flexibility index (Phi) is 3.93. The lowest BCUT2D eigenvalue weighted by atomic mass is 9.94. The van der Waals surface area contributed by atoms with Gasteiger partial charge < -0.3 is 9.84 Å². The summed E-state index contributed by atoms with van der Waals surface area (Å²) in [5.41, 5.74) is 0.448. The van der Waals surface area contributed by atoms with Crippen LogP contribution in [0, 0.1) is 18.7 Å². The molecule has 1 heterocycles. The van der Waals surface area contributed by atoms with Crippen molar-refractivity contribution < 1.29 is 19.0 Å². The molecule has 2 atom stereocenters. The van der Waals surface area contributed by atoms with Crippen LogP contribution in [0.5, 0.6) is 5.75 Å². The lowest BCUT2D eigenvalue weighted by molar-refractivity contribution is -0.139. The molecule has 7 heteroatoms. The zero-order valence-corrected chi connectivity index (χ0v) is 13.0. The number of aromatic nitrogens is 2. The van der Waals surface area contributed by atoms with Gasteiger partial charge in [0.25, 0.3) is 0 Å². The largest absolute Gasteiger partial charge is 0.489 e. The van der Waals surface area contributed by atoms with Crippen LogP contribution in [0.2, 0.25) is 5.28 Å². The molecule has 1 aromatic carbocycles. The molecule has 0 aliphatic heterocycles. The van der Waals surface area contributed by atoms with E-state index in [9.17, 15) is 14.3 Å². The molecule has 1 saturated carbocycles. The van der Waals surface area contributed by atoms with Crippen molar-refractivity contribution in [2.24, 2.45) is 5.92 Å². The standard InChI is InChI=1S/C16H14ClFN2O3/c1-9-13(7-19-15(17)20-9)23-8-16(6-12(16)14(21)22)10-3-2-4-11(18)5-10/h2-5,7,12H,6,8H2,1H3,(H,21,22)/t12-,16+/m0/s1. The second-order valence-corrected chi connectivity index (χ2v) is 5.98. The number of aryl methyl sites for hydroxylation is 1. The SMILES string of the molecule is Cc1nc(Cl)ncc1OC[C@@]1(c2cccc(F)c2)C[C@H]1C(=O)O. The van der Waals surface area contributed by atoms with E-state index >= 15 is 0 Å². The molecule has 120 valence electrons. The molecule has 3 rings (SSSR count). The van der Waals surface area contributed by atoms with E-state index in [0.717, 1.165) is 0 Å². The summed E-state index contributed by atoms with van der Waals surface area (Å²) < 4.78 is 19.2. The predicted octanol–water partition coefficient (Wildman–Crippen LogP) is 3.00. The van der Waals surface area contributed by atoms with Gasteiger partial charge in [-0.05, 0) is 42.6 Å². The second-order valence-electron chi connectivity index (χ2n) is 5.64. The number of carboxylic acid groups (broad SMARTS) is 1. The summed E-state index contributed by atoms with van der Waals surface area (Å²) in [4.78, 5) is 19.2. The second kappa shape index (κ2) is 5.77. The predicted molar refractivity (Wildman–Crippen MR) is 81.1 cm³/mol. The zero-order valence-electron chi connectivity index (χ0n) is 12.3. The molecule has 0 unspecified atom stereocenters. The molecule has 0 amide bonds. The van der Waals surface area contributed by atoms with Crippen molar-refractivity contribution in [3.8, 4) is 5.75 Å². The molecule has 0 saturated heterocycles. The van der Waals surface area contributed by atoms with Gasteiger partial charge in [-0.2, -0.15) is 0 Å². The van der Waals surface area contributed by atoms with E-state index in [1.54, 1.807) is 19.1 Å². The van der Waals surface area contributed by atoms with Crippen molar-refractivity contribution in [1.29, 1.82) is 0 Å². The maximum absolute atomic E-state index is 13.5. The van der Waals surface area contributed by atoms with Crippen molar-refractivity contribution in [2.45, 2.75) is 18.8 Å². The van der Waals surface area contributed by atoms with Crippen LogP contribution in [0.25, 0.3) is 0 Å². The van der Waals surface area contributed by atoms with Gasteiger partial charge in [-0.15, -0.1) is 0 Å². The first-order valence-corrected chi connectivity index (χ1v) is 7.41. The molecule has 2 aromatic rings. The molecule has 0 bridgehead atoms. The Bertz CT molecular complexity index is 771. The molecule has 0 radical (unpaired) electrons. The molecular weight excluding hydrogens is 323 g/mol. The first kappa shape index (κ1) is 15.7. The quantitative estimate of drug-likeness (QED) is 0.850. The van der Waals surface area contributed by atoms with Crippen LogP contribution in [0.1, 0.15) is 17.7 Å². The average Bonchev–Trinajstić information content (AvgIpc) is 3.23. The van der Waals surface area contributed by atoms with Gasteiger partial charge in [0, 0.05) is 5.41 Å². The highest BCUT2D eigenvalue weighted by molar-refractivity contribution is 6.28. The third-order valence-electron chi connectivity index (χ3n) is 4.16. The molecule has 1 fully saturated rings. The Balaban J connectivity index is 1.85. The minimum atomic E-state index is -0.915. The van der Waals surface area contributed by atoms with Gasteiger partial charge in [0.1, 0.15) is 5.82 Å². The van der Waals surface area contributed by atoms with Crippen molar-refractivity contribution in [2.75, 3.05) is 6.61 Å². The van der Waals surface area contributed by atoms with Gasteiger partial charge in [-0.25, -0.2) is 14.4 Å². The van der Waals surface area contributed by atoms with E-state index in [4.69, 9.17) is 16.3 Å². The van der Waals surface area contributed by atoms with E-state index < -0.39 is 23.1 Å². The molecule has 1 N–H and O–H groups in total. The molecule has 1 aromatic heterocycles. The van der Waals surface area contributed by atoms with E-state index in [1.807, 2.05) is 0 Å². The Morgan fingerprint density at radius 2 is 2.35 bits per heavy atom. The third-order valence-corrected chi connectivity index (χ3v) is 4.35. The van der Waals surface area contributed by atoms with E-state index in [0.29, 0.717) is 23.4 Å². The van der Waals surface area contributed by atoms with Crippen LogP contribution in [0.15, 0.2) is 30.5 Å². The fourth-order valence-electron chi connectivity index (χ4n) is 2.76. The van der Waals surface area contributed by atoms with Crippen molar-refractivity contribution in [3.05, 3.63) is 52.8 Å². The van der Waals surface area contributed by atoms with E-state index in [-0.39, 0.29) is 11.9 Å². The molecule has 23 heavy (non-hydrogen) atoms. The van der Waals surface area contributed by atoms with Gasteiger partial charge in [0.15, 0.2) is 5.75 Å². The van der Waals surface area contributed by atoms with Crippen LogP contribution in [-0.2, 0) is 10.2 Å². The van der Waals surface area contributed by atoms with Gasteiger partial charge in [-0.1, -0.05) is 12.1 Å². The number of hydrogen-bond donors (Lipinski definition) is 1. The van der Waals surface area contributed by atoms with Gasteiger partial charge >= 0.3 is 5.97 Å². The lowest BCUT2D eigenvalue weighted by Crippen LogP contribution is -2.24. The van der Waals surface area contributed by atoms with Crippen molar-refractivity contribution >= 4 is 17.6 Å². The number of carboxylic acids is 1. The third kappa shape index (κ3) is 2.99. The number of nitrogens with zero attached hydrogens (tertiary/aromatic N) is 2. The van der Waals surface area contributed by atoms with Crippen LogP contribution >= 0.6 is 11.6 Å². The molecule has 5 nitrogen and oxygen atoms in total. The normalized spacial score (nSPS) is 22.7. The fraction of sp³-hybridized carbons (Fsp3) is 0.312. The highest BCUT2D eigenvalue weighted by atomic mass is 35.5. The number of halogens is 2. The van der Waals surface area contributed by atoms with E-state index in [2.05, 4.69) is 9.97 Å².